The second-order valence-corrected chi connectivity index (χ2v) is 8.18. The summed E-state index contributed by atoms with van der Waals surface area (Å²) in [7, 11) is 0. The first-order chi connectivity index (χ1) is 14.9. The van der Waals surface area contributed by atoms with Gasteiger partial charge in [-0.05, 0) is 37.8 Å². The van der Waals surface area contributed by atoms with Gasteiger partial charge in [0.2, 0.25) is 11.8 Å². The normalized spacial score (nSPS) is 14.8. The second kappa shape index (κ2) is 10.2. The van der Waals surface area contributed by atoms with Crippen LogP contribution in [-0.4, -0.2) is 33.7 Å². The van der Waals surface area contributed by atoms with Crippen LogP contribution >= 0.6 is 0 Å². The standard InChI is InChI=1S/C24H29N3O4/c1-17-9-3-4-11-20(17)16-26(18(2)24(29)25-21-12-6-7-13-21)23(28)15-19-10-5-8-14-22(19)27(30)31/h3-5,8-11,14,18,21H,6-7,12-13,15-16H2,1-2H3,(H,25,29)/t18-/m1/s1. The zero-order valence-electron chi connectivity index (χ0n) is 18.0. The van der Waals surface area contributed by atoms with E-state index in [1.54, 1.807) is 25.1 Å². The van der Waals surface area contributed by atoms with Crippen LogP contribution < -0.4 is 5.32 Å². The van der Waals surface area contributed by atoms with E-state index >= 15 is 0 Å². The molecule has 2 aromatic carbocycles. The fourth-order valence-electron chi connectivity index (χ4n) is 4.05. The quantitative estimate of drug-likeness (QED) is 0.514. The summed E-state index contributed by atoms with van der Waals surface area (Å²) in [5.74, 6) is -0.497. The average Bonchev–Trinajstić information content (AvgIpc) is 3.25. The van der Waals surface area contributed by atoms with Crippen molar-refractivity contribution in [1.29, 1.82) is 0 Å². The minimum atomic E-state index is -0.685. The molecule has 1 atom stereocenters. The Morgan fingerprint density at radius 3 is 2.35 bits per heavy atom. The van der Waals surface area contributed by atoms with E-state index in [1.165, 1.54) is 11.0 Å². The maximum Gasteiger partial charge on any atom is 0.273 e. The zero-order valence-corrected chi connectivity index (χ0v) is 18.0. The number of amides is 2. The SMILES string of the molecule is Cc1ccccc1CN(C(=O)Cc1ccccc1[N+](=O)[O-])[C@H](C)C(=O)NC1CCCC1. The fraction of sp³-hybridized carbons (Fsp3) is 0.417. The number of rotatable bonds is 8. The minimum Gasteiger partial charge on any atom is -0.352 e. The van der Waals surface area contributed by atoms with Crippen LogP contribution in [0.25, 0.3) is 0 Å². The number of benzene rings is 2. The Morgan fingerprint density at radius 2 is 1.71 bits per heavy atom. The molecule has 0 spiro atoms. The second-order valence-electron chi connectivity index (χ2n) is 8.18. The van der Waals surface area contributed by atoms with Crippen molar-refractivity contribution in [2.75, 3.05) is 0 Å². The molecule has 7 nitrogen and oxygen atoms in total. The summed E-state index contributed by atoms with van der Waals surface area (Å²) in [6.07, 6.45) is 3.98. The summed E-state index contributed by atoms with van der Waals surface area (Å²) in [6.45, 7) is 3.95. The number of nitro benzene ring substituents is 1. The van der Waals surface area contributed by atoms with Crippen molar-refractivity contribution < 1.29 is 14.5 Å². The lowest BCUT2D eigenvalue weighted by molar-refractivity contribution is -0.385. The Bertz CT molecular complexity index is 953. The number of nitro groups is 1. The van der Waals surface area contributed by atoms with Crippen molar-refractivity contribution in [3.63, 3.8) is 0 Å². The first-order valence-corrected chi connectivity index (χ1v) is 10.7. The number of aryl methyl sites for hydroxylation is 1. The molecule has 31 heavy (non-hydrogen) atoms. The number of nitrogens with zero attached hydrogens (tertiary/aromatic N) is 2. The van der Waals surface area contributed by atoms with Crippen molar-refractivity contribution in [3.8, 4) is 0 Å². The van der Waals surface area contributed by atoms with Crippen LogP contribution in [0.4, 0.5) is 5.69 Å². The van der Waals surface area contributed by atoms with Crippen molar-refractivity contribution in [3.05, 3.63) is 75.3 Å². The summed E-state index contributed by atoms with van der Waals surface area (Å²) in [6, 6.07) is 13.4. The molecular formula is C24H29N3O4. The van der Waals surface area contributed by atoms with Gasteiger partial charge in [0.15, 0.2) is 0 Å². The molecule has 3 rings (SSSR count). The summed E-state index contributed by atoms with van der Waals surface area (Å²) in [5.41, 5.74) is 2.22. The van der Waals surface area contributed by atoms with Gasteiger partial charge in [-0.25, -0.2) is 0 Å². The Hall–Kier alpha value is -3.22. The van der Waals surface area contributed by atoms with Crippen LogP contribution in [-0.2, 0) is 22.6 Å². The summed E-state index contributed by atoms with van der Waals surface area (Å²) in [5, 5.41) is 14.4. The molecule has 0 aliphatic heterocycles. The first kappa shape index (κ1) is 22.5. The minimum absolute atomic E-state index is 0.0882. The van der Waals surface area contributed by atoms with E-state index in [1.807, 2.05) is 31.2 Å². The van der Waals surface area contributed by atoms with Gasteiger partial charge in [0.05, 0.1) is 11.3 Å². The maximum absolute atomic E-state index is 13.3. The molecule has 0 heterocycles. The largest absolute Gasteiger partial charge is 0.352 e. The molecule has 1 N–H and O–H groups in total. The van der Waals surface area contributed by atoms with Crippen LogP contribution in [0.2, 0.25) is 0 Å². The van der Waals surface area contributed by atoms with Crippen molar-refractivity contribution in [2.24, 2.45) is 0 Å². The predicted molar refractivity (Wildman–Crippen MR) is 118 cm³/mol. The molecule has 1 aliphatic carbocycles. The van der Waals surface area contributed by atoms with Gasteiger partial charge in [-0.3, -0.25) is 19.7 Å². The van der Waals surface area contributed by atoms with Gasteiger partial charge < -0.3 is 10.2 Å². The highest BCUT2D eigenvalue weighted by Crippen LogP contribution is 2.22. The highest BCUT2D eigenvalue weighted by Gasteiger charge is 2.29. The Morgan fingerprint density at radius 1 is 1.10 bits per heavy atom. The van der Waals surface area contributed by atoms with Gasteiger partial charge in [0.1, 0.15) is 6.04 Å². The molecule has 0 saturated heterocycles. The van der Waals surface area contributed by atoms with Crippen molar-refractivity contribution in [1.82, 2.24) is 10.2 Å². The molecule has 1 aliphatic rings. The van der Waals surface area contributed by atoms with E-state index < -0.39 is 11.0 Å². The molecule has 0 bridgehead atoms. The molecule has 7 heteroatoms. The third-order valence-electron chi connectivity index (χ3n) is 6.00. The van der Waals surface area contributed by atoms with Crippen LogP contribution in [0, 0.1) is 17.0 Å². The Labute approximate surface area is 182 Å². The maximum atomic E-state index is 13.3. The molecule has 1 saturated carbocycles. The number of hydrogen-bond acceptors (Lipinski definition) is 4. The average molecular weight is 424 g/mol. The monoisotopic (exact) mass is 423 g/mol. The van der Waals surface area contributed by atoms with E-state index in [4.69, 9.17) is 0 Å². The predicted octanol–water partition coefficient (Wildman–Crippen LogP) is 3.92. The molecule has 0 unspecified atom stereocenters. The van der Waals surface area contributed by atoms with Crippen LogP contribution in [0.1, 0.15) is 49.3 Å². The summed E-state index contributed by atoms with van der Waals surface area (Å²) in [4.78, 5) is 38.7. The number of carbonyl (C=O) groups is 2. The van der Waals surface area contributed by atoms with Crippen LogP contribution in [0.5, 0.6) is 0 Å². The van der Waals surface area contributed by atoms with E-state index in [0.29, 0.717) is 5.56 Å². The number of hydrogen-bond donors (Lipinski definition) is 1. The van der Waals surface area contributed by atoms with Crippen LogP contribution in [0.15, 0.2) is 48.5 Å². The Kier molecular flexibility index (Phi) is 7.39. The van der Waals surface area contributed by atoms with Crippen molar-refractivity contribution >= 4 is 17.5 Å². The molecule has 1 fully saturated rings. The van der Waals surface area contributed by atoms with E-state index in [9.17, 15) is 19.7 Å². The van der Waals surface area contributed by atoms with E-state index in [0.717, 1.165) is 36.8 Å². The summed E-state index contributed by atoms with van der Waals surface area (Å²) < 4.78 is 0. The van der Waals surface area contributed by atoms with Gasteiger partial charge in [0, 0.05) is 24.2 Å². The number of para-hydroxylation sites is 1. The third kappa shape index (κ3) is 5.69. The van der Waals surface area contributed by atoms with Gasteiger partial charge in [-0.15, -0.1) is 0 Å². The van der Waals surface area contributed by atoms with Crippen LogP contribution in [0.3, 0.4) is 0 Å². The van der Waals surface area contributed by atoms with Gasteiger partial charge in [-0.2, -0.15) is 0 Å². The summed E-state index contributed by atoms with van der Waals surface area (Å²) >= 11 is 0. The molecule has 2 aromatic rings. The third-order valence-corrected chi connectivity index (χ3v) is 6.00. The highest BCUT2D eigenvalue weighted by molar-refractivity contribution is 5.88. The lowest BCUT2D eigenvalue weighted by atomic mass is 10.0. The molecule has 0 radical (unpaired) electrons. The lowest BCUT2D eigenvalue weighted by Crippen LogP contribution is -2.50. The molecule has 0 aromatic heterocycles. The smallest absolute Gasteiger partial charge is 0.273 e. The molecule has 2 amide bonds. The zero-order chi connectivity index (χ0) is 22.4. The van der Waals surface area contributed by atoms with E-state index in [-0.39, 0.29) is 36.5 Å². The molecular weight excluding hydrogens is 394 g/mol. The first-order valence-electron chi connectivity index (χ1n) is 10.7. The topological polar surface area (TPSA) is 92.6 Å². The van der Waals surface area contributed by atoms with Crippen molar-refractivity contribution in [2.45, 2.75) is 64.6 Å². The fourth-order valence-corrected chi connectivity index (χ4v) is 4.05. The van der Waals surface area contributed by atoms with Gasteiger partial charge in [0.25, 0.3) is 5.69 Å². The highest BCUT2D eigenvalue weighted by atomic mass is 16.6. The Balaban J connectivity index is 1.84. The number of nitrogens with one attached hydrogen (secondary N) is 1. The number of carbonyl (C=O) groups excluding carboxylic acids is 2. The lowest BCUT2D eigenvalue weighted by Gasteiger charge is -2.30. The van der Waals surface area contributed by atoms with E-state index in [2.05, 4.69) is 5.32 Å². The molecule has 164 valence electrons. The van der Waals surface area contributed by atoms with Gasteiger partial charge in [-0.1, -0.05) is 55.3 Å². The van der Waals surface area contributed by atoms with Gasteiger partial charge >= 0.3 is 0 Å².